The van der Waals surface area contributed by atoms with E-state index in [1.807, 2.05) is 24.5 Å². The first-order valence-corrected chi connectivity index (χ1v) is 14.9. The number of ether oxygens (including phenoxy) is 2. The van der Waals surface area contributed by atoms with Crippen molar-refractivity contribution in [1.29, 1.82) is 0 Å². The first-order valence-electron chi connectivity index (χ1n) is 14.1. The van der Waals surface area contributed by atoms with Gasteiger partial charge in [-0.2, -0.15) is 0 Å². The smallest absolute Gasteiger partial charge is 0.338 e. The molecule has 9 atom stereocenters. The Bertz CT molecular complexity index is 1410. The van der Waals surface area contributed by atoms with Gasteiger partial charge in [-0.1, -0.05) is 61.4 Å². The maximum absolute atomic E-state index is 13.9. The largest absolute Gasteiger partial charge is 0.472 e. The minimum atomic E-state index is -0.601. The lowest BCUT2D eigenvalue weighted by atomic mass is 9.38. The third-order valence-electron chi connectivity index (χ3n) is 11.5. The minimum absolute atomic E-state index is 0.0230. The van der Waals surface area contributed by atoms with Crippen LogP contribution >= 0.6 is 15.9 Å². The van der Waals surface area contributed by atoms with E-state index >= 15 is 0 Å². The van der Waals surface area contributed by atoms with Gasteiger partial charge in [0.1, 0.15) is 12.2 Å². The van der Waals surface area contributed by atoms with Crippen LogP contribution in [-0.4, -0.2) is 30.6 Å². The number of ketones is 1. The molecule has 5 nitrogen and oxygen atoms in total. The van der Waals surface area contributed by atoms with E-state index in [-0.39, 0.29) is 46.4 Å². The second-order valence-corrected chi connectivity index (χ2v) is 14.2. The highest BCUT2D eigenvalue weighted by atomic mass is 79.9. The van der Waals surface area contributed by atoms with E-state index in [1.54, 1.807) is 18.4 Å². The lowest BCUT2D eigenvalue weighted by Gasteiger charge is -2.66. The maximum atomic E-state index is 13.9. The number of rotatable bonds is 3. The predicted molar refractivity (Wildman–Crippen MR) is 150 cm³/mol. The van der Waals surface area contributed by atoms with Crippen molar-refractivity contribution in [1.82, 2.24) is 0 Å². The molecule has 2 saturated carbocycles. The van der Waals surface area contributed by atoms with Crippen LogP contribution in [0.1, 0.15) is 68.8 Å². The number of carbonyl (C=O) groups is 2. The number of carbonyl (C=O) groups excluding carboxylic acids is 2. The van der Waals surface area contributed by atoms with Crippen LogP contribution in [-0.2, 0) is 14.3 Å². The minimum Gasteiger partial charge on any atom is -0.472 e. The number of allylic oxidation sites excluding steroid dienone is 2. The summed E-state index contributed by atoms with van der Waals surface area (Å²) in [5.41, 5.74) is 1.47. The number of hydrogen-bond donors (Lipinski definition) is 0. The summed E-state index contributed by atoms with van der Waals surface area (Å²) < 4.78 is 19.6. The van der Waals surface area contributed by atoms with Gasteiger partial charge in [0.15, 0.2) is 5.78 Å². The number of furan rings is 1. The number of esters is 1. The summed E-state index contributed by atoms with van der Waals surface area (Å²) in [7, 11) is 0. The van der Waals surface area contributed by atoms with Gasteiger partial charge in [0.05, 0.1) is 24.7 Å². The first kappa shape index (κ1) is 25.5. The third-order valence-corrected chi connectivity index (χ3v) is 12.0. The molecule has 7 rings (SSSR count). The molecule has 3 fully saturated rings. The van der Waals surface area contributed by atoms with Crippen molar-refractivity contribution in [3.8, 4) is 0 Å². The lowest BCUT2D eigenvalue weighted by Crippen LogP contribution is -2.69. The van der Waals surface area contributed by atoms with Crippen LogP contribution in [0.4, 0.5) is 0 Å². The van der Waals surface area contributed by atoms with Crippen molar-refractivity contribution in [2.24, 2.45) is 33.5 Å². The van der Waals surface area contributed by atoms with Crippen LogP contribution < -0.4 is 0 Å². The molecule has 1 aromatic heterocycles. The average Bonchev–Trinajstić information content (AvgIpc) is 3.63. The Morgan fingerprint density at radius 1 is 1.08 bits per heavy atom. The van der Waals surface area contributed by atoms with E-state index < -0.39 is 16.9 Å². The number of fused-ring (bicyclic) bond motifs is 4. The topological polar surface area (TPSA) is 65.7 Å². The van der Waals surface area contributed by atoms with E-state index in [2.05, 4.69) is 61.8 Å². The van der Waals surface area contributed by atoms with Gasteiger partial charge in [-0.3, -0.25) is 4.79 Å². The summed E-state index contributed by atoms with van der Waals surface area (Å²) in [5, 5.41) is 0. The quantitative estimate of drug-likeness (QED) is 0.277. The SMILES string of the molecule is C[C@]12C3=CC[C@@H](c4ccoc4)[C@]3(C)CC[C@@H]1[C@@]1(C)C(=O)C=C[C@@]3(C)CO[C@@H]([C@H]2OC(=O)c2ccc(Br)cc2)[C@H]13. The lowest BCUT2D eigenvalue weighted by molar-refractivity contribution is -0.199. The zero-order chi connectivity index (χ0) is 27.4. The number of benzene rings is 1. The Balaban J connectivity index is 1.38. The van der Waals surface area contributed by atoms with Gasteiger partial charge in [0.25, 0.3) is 0 Å². The summed E-state index contributed by atoms with van der Waals surface area (Å²) in [6.07, 6.45) is 11.7. The Labute approximate surface area is 238 Å². The molecule has 1 saturated heterocycles. The highest BCUT2D eigenvalue weighted by molar-refractivity contribution is 9.10. The third kappa shape index (κ3) is 3.22. The van der Waals surface area contributed by atoms with E-state index in [0.717, 1.165) is 23.7 Å². The van der Waals surface area contributed by atoms with Crippen molar-refractivity contribution in [3.05, 3.63) is 82.3 Å². The number of hydrogen-bond acceptors (Lipinski definition) is 5. The molecule has 2 heterocycles. The fraction of sp³-hybridized carbons (Fsp3) is 0.515. The van der Waals surface area contributed by atoms with E-state index in [9.17, 15) is 9.59 Å². The van der Waals surface area contributed by atoms with Crippen LogP contribution in [0.15, 0.2) is 75.5 Å². The molecule has 2 aromatic rings. The van der Waals surface area contributed by atoms with Crippen LogP contribution in [0, 0.1) is 33.5 Å². The predicted octanol–water partition coefficient (Wildman–Crippen LogP) is 7.28. The molecule has 4 aliphatic carbocycles. The number of halogens is 1. The first-order chi connectivity index (χ1) is 18.5. The Morgan fingerprint density at radius 3 is 2.56 bits per heavy atom. The fourth-order valence-corrected chi connectivity index (χ4v) is 10.1. The van der Waals surface area contributed by atoms with Gasteiger partial charge in [0, 0.05) is 26.6 Å². The van der Waals surface area contributed by atoms with E-state index in [1.165, 1.54) is 11.1 Å². The summed E-state index contributed by atoms with van der Waals surface area (Å²) >= 11 is 3.46. The van der Waals surface area contributed by atoms with Crippen molar-refractivity contribution in [3.63, 3.8) is 0 Å². The second kappa shape index (κ2) is 8.29. The van der Waals surface area contributed by atoms with Crippen molar-refractivity contribution < 1.29 is 23.5 Å². The summed E-state index contributed by atoms with van der Waals surface area (Å²) in [6.45, 7) is 9.50. The molecule has 1 aromatic carbocycles. The van der Waals surface area contributed by atoms with Crippen molar-refractivity contribution >= 4 is 27.7 Å². The van der Waals surface area contributed by atoms with Gasteiger partial charge in [0.2, 0.25) is 0 Å². The molecular weight excluding hydrogens is 556 g/mol. The maximum Gasteiger partial charge on any atom is 0.338 e. The zero-order valence-electron chi connectivity index (χ0n) is 22.9. The molecule has 0 N–H and O–H groups in total. The highest BCUT2D eigenvalue weighted by Crippen LogP contribution is 2.74. The van der Waals surface area contributed by atoms with Crippen LogP contribution in [0.2, 0.25) is 0 Å². The second-order valence-electron chi connectivity index (χ2n) is 13.3. The molecule has 204 valence electrons. The molecule has 0 radical (unpaired) electrons. The van der Waals surface area contributed by atoms with Crippen LogP contribution in [0.25, 0.3) is 0 Å². The summed E-state index contributed by atoms with van der Waals surface area (Å²) in [4.78, 5) is 27.6. The average molecular weight is 592 g/mol. The van der Waals surface area contributed by atoms with Gasteiger partial charge in [-0.05, 0) is 78.5 Å². The molecule has 0 unspecified atom stereocenters. The molecule has 0 bridgehead atoms. The van der Waals surface area contributed by atoms with Gasteiger partial charge < -0.3 is 13.9 Å². The summed E-state index contributed by atoms with van der Waals surface area (Å²) in [6, 6.07) is 9.38. The molecule has 0 spiro atoms. The molecular formula is C33H35BrO5. The Kier molecular flexibility index (Phi) is 5.43. The highest BCUT2D eigenvalue weighted by Gasteiger charge is 2.75. The molecule has 1 aliphatic heterocycles. The van der Waals surface area contributed by atoms with Gasteiger partial charge in [-0.25, -0.2) is 4.79 Å². The van der Waals surface area contributed by atoms with Gasteiger partial charge >= 0.3 is 5.97 Å². The molecule has 0 amide bonds. The monoisotopic (exact) mass is 590 g/mol. The fourth-order valence-electron chi connectivity index (χ4n) is 9.81. The zero-order valence-corrected chi connectivity index (χ0v) is 24.5. The van der Waals surface area contributed by atoms with Crippen LogP contribution in [0.3, 0.4) is 0 Å². The molecule has 5 aliphatic rings. The van der Waals surface area contributed by atoms with Crippen molar-refractivity contribution in [2.45, 2.75) is 65.1 Å². The Morgan fingerprint density at radius 2 is 1.85 bits per heavy atom. The van der Waals surface area contributed by atoms with E-state index in [4.69, 9.17) is 13.9 Å². The molecule has 6 heteroatoms. The van der Waals surface area contributed by atoms with E-state index in [0.29, 0.717) is 12.2 Å². The van der Waals surface area contributed by atoms with Crippen LogP contribution in [0.5, 0.6) is 0 Å². The normalized spacial score (nSPS) is 43.9. The van der Waals surface area contributed by atoms with Crippen molar-refractivity contribution in [2.75, 3.05) is 6.61 Å². The summed E-state index contributed by atoms with van der Waals surface area (Å²) in [5.74, 6) is 0.0921. The molecule has 39 heavy (non-hydrogen) atoms. The Hall–Kier alpha value is -2.44. The van der Waals surface area contributed by atoms with Gasteiger partial charge in [-0.15, -0.1) is 0 Å². The standard InChI is InChI=1S/C33H35BrO5/c1-30-14-12-25(35)33(4)24-11-15-31(2)22(20-13-16-37-17-20)9-10-23(31)32(24,3)28(26(27(30)33)38-18-30)39-29(36)19-5-7-21(34)8-6-19/h5-8,10,12-14,16-17,22,24,26-28H,9,11,15,18H2,1-4H3/t22-,24-,26+,27-,28+,30-,31-,32-,33-/m0/s1.